The average molecular weight is 375 g/mol. The van der Waals surface area contributed by atoms with Gasteiger partial charge in [-0.3, -0.25) is 4.99 Å². The van der Waals surface area contributed by atoms with Crippen molar-refractivity contribution >= 4 is 5.96 Å². The first-order chi connectivity index (χ1) is 13.1. The number of hydrogen-bond donors (Lipinski definition) is 1. The maximum atomic E-state index is 4.60. The van der Waals surface area contributed by atoms with Crippen molar-refractivity contribution in [2.24, 2.45) is 22.7 Å². The molecule has 2 aliphatic rings. The normalized spacial score (nSPS) is 28.0. The van der Waals surface area contributed by atoms with Gasteiger partial charge in [0.25, 0.3) is 0 Å². The molecule has 0 saturated carbocycles. The number of piperidine rings is 2. The van der Waals surface area contributed by atoms with Gasteiger partial charge >= 0.3 is 0 Å². The lowest BCUT2D eigenvalue weighted by Gasteiger charge is -2.40. The third kappa shape index (κ3) is 5.47. The first-order valence-corrected chi connectivity index (χ1v) is 10.7. The average Bonchev–Trinajstić information content (AvgIpc) is 3.17. The number of aliphatic imine (C=N–C) groups is 1. The highest BCUT2D eigenvalue weighted by Gasteiger charge is 2.29. The standard InChI is InChI=1S/C21H38N6/c1-17(2)13-25-9-5-6-19(14-25)12-24-21(22-4)26-10-7-18(3)20(15-26)27-11-8-23-16-27/h8,11,16-20H,5-7,9-10,12-15H2,1-4H3,(H,22,24). The Morgan fingerprint density at radius 2 is 2.11 bits per heavy atom. The van der Waals surface area contributed by atoms with E-state index in [-0.39, 0.29) is 0 Å². The molecule has 0 spiro atoms. The van der Waals surface area contributed by atoms with E-state index < -0.39 is 0 Å². The summed E-state index contributed by atoms with van der Waals surface area (Å²) in [4.78, 5) is 13.9. The highest BCUT2D eigenvalue weighted by molar-refractivity contribution is 5.80. The number of imidazole rings is 1. The van der Waals surface area contributed by atoms with Gasteiger partial charge in [-0.25, -0.2) is 4.98 Å². The van der Waals surface area contributed by atoms with E-state index in [1.165, 1.54) is 38.9 Å². The molecule has 0 aromatic carbocycles. The lowest BCUT2D eigenvalue weighted by molar-refractivity contribution is 0.157. The van der Waals surface area contributed by atoms with Gasteiger partial charge in [0.1, 0.15) is 0 Å². The second kappa shape index (κ2) is 9.58. The summed E-state index contributed by atoms with van der Waals surface area (Å²) in [5.41, 5.74) is 0. The van der Waals surface area contributed by atoms with Gasteiger partial charge in [0.15, 0.2) is 5.96 Å². The highest BCUT2D eigenvalue weighted by Crippen LogP contribution is 2.27. The molecule has 2 aliphatic heterocycles. The van der Waals surface area contributed by atoms with E-state index in [9.17, 15) is 0 Å². The summed E-state index contributed by atoms with van der Waals surface area (Å²) >= 11 is 0. The van der Waals surface area contributed by atoms with Crippen LogP contribution in [0, 0.1) is 17.8 Å². The summed E-state index contributed by atoms with van der Waals surface area (Å²) in [7, 11) is 1.92. The number of guanidine groups is 1. The van der Waals surface area contributed by atoms with E-state index in [1.807, 2.05) is 19.6 Å². The van der Waals surface area contributed by atoms with Crippen LogP contribution in [0.1, 0.15) is 46.1 Å². The number of nitrogens with one attached hydrogen (secondary N) is 1. The van der Waals surface area contributed by atoms with E-state index in [0.29, 0.717) is 12.0 Å². The summed E-state index contributed by atoms with van der Waals surface area (Å²) in [5.74, 6) is 3.20. The molecular weight excluding hydrogens is 336 g/mol. The first kappa shape index (κ1) is 20.2. The molecule has 3 rings (SSSR count). The van der Waals surface area contributed by atoms with Crippen LogP contribution in [0.15, 0.2) is 23.7 Å². The molecule has 2 fully saturated rings. The minimum Gasteiger partial charge on any atom is -0.356 e. The highest BCUT2D eigenvalue weighted by atomic mass is 15.3. The molecule has 1 N–H and O–H groups in total. The van der Waals surface area contributed by atoms with Crippen molar-refractivity contribution in [2.45, 2.75) is 46.1 Å². The maximum absolute atomic E-state index is 4.60. The van der Waals surface area contributed by atoms with E-state index in [1.54, 1.807) is 0 Å². The van der Waals surface area contributed by atoms with Crippen molar-refractivity contribution in [3.63, 3.8) is 0 Å². The van der Waals surface area contributed by atoms with Gasteiger partial charge in [0.05, 0.1) is 12.4 Å². The van der Waals surface area contributed by atoms with Crippen LogP contribution < -0.4 is 5.32 Å². The molecule has 1 aromatic rings. The summed E-state index contributed by atoms with van der Waals surface area (Å²) in [5, 5.41) is 3.69. The zero-order chi connectivity index (χ0) is 19.2. The fourth-order valence-corrected chi connectivity index (χ4v) is 4.66. The van der Waals surface area contributed by atoms with Crippen LogP contribution >= 0.6 is 0 Å². The van der Waals surface area contributed by atoms with E-state index in [0.717, 1.165) is 37.4 Å². The largest absolute Gasteiger partial charge is 0.356 e. The Bertz CT molecular complexity index is 582. The Morgan fingerprint density at radius 3 is 2.81 bits per heavy atom. The molecule has 3 unspecified atom stereocenters. The van der Waals surface area contributed by atoms with Crippen LogP contribution in [0.4, 0.5) is 0 Å². The van der Waals surface area contributed by atoms with Gasteiger partial charge in [-0.2, -0.15) is 0 Å². The Balaban J connectivity index is 1.53. The van der Waals surface area contributed by atoms with E-state index >= 15 is 0 Å². The van der Waals surface area contributed by atoms with Crippen LogP contribution in [0.3, 0.4) is 0 Å². The van der Waals surface area contributed by atoms with Crippen molar-refractivity contribution in [1.82, 2.24) is 24.7 Å². The van der Waals surface area contributed by atoms with Gasteiger partial charge in [0.2, 0.25) is 0 Å². The monoisotopic (exact) mass is 374 g/mol. The van der Waals surface area contributed by atoms with Gasteiger partial charge in [-0.15, -0.1) is 0 Å². The summed E-state index contributed by atoms with van der Waals surface area (Å²) in [6.45, 7) is 13.8. The van der Waals surface area contributed by atoms with E-state index in [4.69, 9.17) is 0 Å². The summed E-state index contributed by atoms with van der Waals surface area (Å²) < 4.78 is 2.26. The molecule has 1 aromatic heterocycles. The Kier molecular flexibility index (Phi) is 7.16. The molecule has 0 amide bonds. The van der Waals surface area contributed by atoms with Crippen LogP contribution in [-0.2, 0) is 0 Å². The van der Waals surface area contributed by atoms with Crippen molar-refractivity contribution in [2.75, 3.05) is 46.3 Å². The molecule has 152 valence electrons. The van der Waals surface area contributed by atoms with Crippen molar-refractivity contribution in [3.05, 3.63) is 18.7 Å². The molecule has 27 heavy (non-hydrogen) atoms. The van der Waals surface area contributed by atoms with Gasteiger partial charge in [-0.05, 0) is 43.6 Å². The molecule has 3 atom stereocenters. The molecular formula is C21H38N6. The van der Waals surface area contributed by atoms with Gasteiger partial charge in [-0.1, -0.05) is 20.8 Å². The van der Waals surface area contributed by atoms with Crippen molar-refractivity contribution in [1.29, 1.82) is 0 Å². The summed E-state index contributed by atoms with van der Waals surface area (Å²) in [6.07, 6.45) is 9.76. The Labute approximate surface area is 165 Å². The third-order valence-corrected chi connectivity index (χ3v) is 6.11. The predicted molar refractivity (Wildman–Crippen MR) is 112 cm³/mol. The second-order valence-corrected chi connectivity index (χ2v) is 8.88. The minimum atomic E-state index is 0.469. The second-order valence-electron chi connectivity index (χ2n) is 8.88. The van der Waals surface area contributed by atoms with Crippen LogP contribution in [0.25, 0.3) is 0 Å². The molecule has 0 bridgehead atoms. The van der Waals surface area contributed by atoms with Crippen molar-refractivity contribution < 1.29 is 0 Å². The molecule has 3 heterocycles. The van der Waals surface area contributed by atoms with Crippen LogP contribution in [-0.4, -0.2) is 71.6 Å². The fraction of sp³-hybridized carbons (Fsp3) is 0.810. The zero-order valence-corrected chi connectivity index (χ0v) is 17.6. The molecule has 0 radical (unpaired) electrons. The predicted octanol–water partition coefficient (Wildman–Crippen LogP) is 2.71. The number of aromatic nitrogens is 2. The molecule has 0 aliphatic carbocycles. The lowest BCUT2D eigenvalue weighted by Crippen LogP contribution is -2.50. The smallest absolute Gasteiger partial charge is 0.193 e. The number of rotatable bonds is 5. The lowest BCUT2D eigenvalue weighted by atomic mass is 9.93. The Hall–Kier alpha value is -1.56. The molecule has 2 saturated heterocycles. The van der Waals surface area contributed by atoms with Gasteiger partial charge in [0, 0.05) is 52.2 Å². The SMILES string of the molecule is CN=C(NCC1CCCN(CC(C)C)C1)N1CCC(C)C(n2ccnc2)C1. The van der Waals surface area contributed by atoms with E-state index in [2.05, 4.69) is 56.6 Å². The van der Waals surface area contributed by atoms with Crippen molar-refractivity contribution in [3.8, 4) is 0 Å². The third-order valence-electron chi connectivity index (χ3n) is 6.11. The Morgan fingerprint density at radius 1 is 1.26 bits per heavy atom. The summed E-state index contributed by atoms with van der Waals surface area (Å²) in [6, 6.07) is 0.469. The molecule has 6 nitrogen and oxygen atoms in total. The number of likely N-dealkylation sites (tertiary alicyclic amines) is 2. The molecule has 6 heteroatoms. The van der Waals surface area contributed by atoms with Gasteiger partial charge < -0.3 is 19.7 Å². The number of nitrogens with zero attached hydrogens (tertiary/aromatic N) is 5. The number of hydrogen-bond acceptors (Lipinski definition) is 3. The maximum Gasteiger partial charge on any atom is 0.193 e. The quantitative estimate of drug-likeness (QED) is 0.636. The fourth-order valence-electron chi connectivity index (χ4n) is 4.66. The van der Waals surface area contributed by atoms with Crippen LogP contribution in [0.5, 0.6) is 0 Å². The zero-order valence-electron chi connectivity index (χ0n) is 17.6. The van der Waals surface area contributed by atoms with Crippen LogP contribution in [0.2, 0.25) is 0 Å². The minimum absolute atomic E-state index is 0.469. The first-order valence-electron chi connectivity index (χ1n) is 10.7. The topological polar surface area (TPSA) is 48.7 Å².